The molecule has 1 aromatic carbocycles. The van der Waals surface area contributed by atoms with Gasteiger partial charge in [-0.15, -0.1) is 10.2 Å². The van der Waals surface area contributed by atoms with Crippen LogP contribution in [0.15, 0.2) is 35.7 Å². The van der Waals surface area contributed by atoms with E-state index < -0.39 is 0 Å². The number of amides is 2. The van der Waals surface area contributed by atoms with E-state index in [1.165, 1.54) is 18.7 Å². The summed E-state index contributed by atoms with van der Waals surface area (Å²) in [6.45, 7) is 7.35. The summed E-state index contributed by atoms with van der Waals surface area (Å²) < 4.78 is 1.93. The van der Waals surface area contributed by atoms with Crippen molar-refractivity contribution in [2.45, 2.75) is 44.1 Å². The van der Waals surface area contributed by atoms with Crippen molar-refractivity contribution >= 4 is 35.0 Å². The summed E-state index contributed by atoms with van der Waals surface area (Å²) in [5.74, 6) is -0.253. The van der Waals surface area contributed by atoms with Crippen LogP contribution >= 0.6 is 11.8 Å². The first-order chi connectivity index (χ1) is 11.4. The highest BCUT2D eigenvalue weighted by molar-refractivity contribution is 8.00. The quantitative estimate of drug-likeness (QED) is 0.784. The van der Waals surface area contributed by atoms with Gasteiger partial charge in [-0.3, -0.25) is 9.59 Å². The highest BCUT2D eigenvalue weighted by Crippen LogP contribution is 2.24. The molecule has 2 amide bonds. The second-order valence-corrected chi connectivity index (χ2v) is 6.93. The van der Waals surface area contributed by atoms with Gasteiger partial charge in [-0.2, -0.15) is 0 Å². The zero-order valence-corrected chi connectivity index (χ0v) is 14.9. The van der Waals surface area contributed by atoms with E-state index in [0.717, 1.165) is 0 Å². The molecule has 1 heterocycles. The Morgan fingerprint density at radius 2 is 1.67 bits per heavy atom. The van der Waals surface area contributed by atoms with Gasteiger partial charge in [0.1, 0.15) is 6.33 Å². The minimum absolute atomic E-state index is 0.120. The lowest BCUT2D eigenvalue weighted by atomic mass is 10.2. The number of rotatable bonds is 6. The van der Waals surface area contributed by atoms with Crippen molar-refractivity contribution in [3.63, 3.8) is 0 Å². The van der Waals surface area contributed by atoms with Gasteiger partial charge in [0.2, 0.25) is 11.8 Å². The maximum absolute atomic E-state index is 12.3. The summed E-state index contributed by atoms with van der Waals surface area (Å²) >= 11 is 1.36. The van der Waals surface area contributed by atoms with E-state index in [9.17, 15) is 9.59 Å². The van der Waals surface area contributed by atoms with Crippen molar-refractivity contribution in [3.8, 4) is 0 Å². The lowest BCUT2D eigenvalue weighted by Crippen LogP contribution is -2.23. The third-order valence-electron chi connectivity index (χ3n) is 3.22. The van der Waals surface area contributed by atoms with Crippen LogP contribution in [0.2, 0.25) is 0 Å². The first-order valence-electron chi connectivity index (χ1n) is 7.61. The summed E-state index contributed by atoms with van der Waals surface area (Å²) in [4.78, 5) is 23.3. The SMILES string of the molecule is CC(=O)Nc1ccc(NC(=O)[C@@H](C)Sc2nncn2C(C)C)cc1. The first-order valence-corrected chi connectivity index (χ1v) is 8.49. The normalized spacial score (nSPS) is 12.0. The van der Waals surface area contributed by atoms with Crippen molar-refractivity contribution in [1.29, 1.82) is 0 Å². The molecule has 0 radical (unpaired) electrons. The molecule has 0 bridgehead atoms. The van der Waals surface area contributed by atoms with E-state index >= 15 is 0 Å². The molecule has 128 valence electrons. The number of benzene rings is 1. The topological polar surface area (TPSA) is 88.9 Å². The Hall–Kier alpha value is -2.35. The number of nitrogens with zero attached hydrogens (tertiary/aromatic N) is 3. The molecule has 24 heavy (non-hydrogen) atoms. The van der Waals surface area contributed by atoms with Crippen LogP contribution in [-0.2, 0) is 9.59 Å². The highest BCUT2D eigenvalue weighted by Gasteiger charge is 2.18. The van der Waals surface area contributed by atoms with Crippen LogP contribution in [0.5, 0.6) is 0 Å². The molecule has 0 saturated carbocycles. The lowest BCUT2D eigenvalue weighted by molar-refractivity contribution is -0.115. The Morgan fingerprint density at radius 1 is 1.08 bits per heavy atom. The first kappa shape index (κ1) is 18.0. The van der Waals surface area contributed by atoms with Gasteiger partial charge in [-0.05, 0) is 45.0 Å². The fourth-order valence-corrected chi connectivity index (χ4v) is 2.92. The molecule has 0 aliphatic carbocycles. The van der Waals surface area contributed by atoms with E-state index in [2.05, 4.69) is 20.8 Å². The van der Waals surface area contributed by atoms with Crippen molar-refractivity contribution < 1.29 is 9.59 Å². The summed E-state index contributed by atoms with van der Waals surface area (Å²) in [5.41, 5.74) is 1.36. The predicted molar refractivity (Wildman–Crippen MR) is 95.1 cm³/mol. The number of carbonyl (C=O) groups excluding carboxylic acids is 2. The maximum Gasteiger partial charge on any atom is 0.237 e. The van der Waals surface area contributed by atoms with E-state index in [1.54, 1.807) is 30.6 Å². The third kappa shape index (κ3) is 4.82. The van der Waals surface area contributed by atoms with Crippen LogP contribution < -0.4 is 10.6 Å². The van der Waals surface area contributed by atoms with Gasteiger partial charge in [0.05, 0.1) is 5.25 Å². The van der Waals surface area contributed by atoms with Gasteiger partial charge in [-0.25, -0.2) is 0 Å². The molecule has 0 unspecified atom stereocenters. The Balaban J connectivity index is 1.96. The Morgan fingerprint density at radius 3 is 2.21 bits per heavy atom. The van der Waals surface area contributed by atoms with Crippen LogP contribution in [0, 0.1) is 0 Å². The van der Waals surface area contributed by atoms with E-state index in [0.29, 0.717) is 16.5 Å². The monoisotopic (exact) mass is 347 g/mol. The maximum atomic E-state index is 12.3. The Bertz CT molecular complexity index is 712. The van der Waals surface area contributed by atoms with Crippen LogP contribution in [0.4, 0.5) is 11.4 Å². The number of hydrogen-bond donors (Lipinski definition) is 2. The van der Waals surface area contributed by atoms with Gasteiger partial charge in [0.15, 0.2) is 5.16 Å². The highest BCUT2D eigenvalue weighted by atomic mass is 32.2. The molecule has 0 aliphatic heterocycles. The zero-order valence-electron chi connectivity index (χ0n) is 14.1. The average Bonchev–Trinajstić information content (AvgIpc) is 2.97. The second-order valence-electron chi connectivity index (χ2n) is 5.62. The van der Waals surface area contributed by atoms with Gasteiger partial charge < -0.3 is 15.2 Å². The minimum Gasteiger partial charge on any atom is -0.326 e. The fourth-order valence-electron chi connectivity index (χ4n) is 1.97. The van der Waals surface area contributed by atoms with Crippen molar-refractivity contribution in [2.75, 3.05) is 10.6 Å². The van der Waals surface area contributed by atoms with E-state index in [4.69, 9.17) is 0 Å². The van der Waals surface area contributed by atoms with Crippen LogP contribution in [-0.4, -0.2) is 31.8 Å². The number of aromatic nitrogens is 3. The molecule has 0 fully saturated rings. The number of hydrogen-bond acceptors (Lipinski definition) is 5. The third-order valence-corrected chi connectivity index (χ3v) is 4.29. The number of anilines is 2. The molecule has 0 spiro atoms. The van der Waals surface area contributed by atoms with Crippen LogP contribution in [0.1, 0.15) is 33.7 Å². The van der Waals surface area contributed by atoms with Crippen molar-refractivity contribution in [1.82, 2.24) is 14.8 Å². The molecule has 0 aliphatic rings. The number of carbonyl (C=O) groups is 2. The molecule has 7 nitrogen and oxygen atoms in total. The molecule has 2 N–H and O–H groups in total. The molecule has 2 aromatic rings. The van der Waals surface area contributed by atoms with Gasteiger partial charge >= 0.3 is 0 Å². The van der Waals surface area contributed by atoms with E-state index in [1.807, 2.05) is 25.3 Å². The largest absolute Gasteiger partial charge is 0.326 e. The smallest absolute Gasteiger partial charge is 0.237 e. The predicted octanol–water partition coefficient (Wildman–Crippen LogP) is 2.94. The summed E-state index contributed by atoms with van der Waals surface area (Å²) in [5, 5.41) is 13.9. The van der Waals surface area contributed by atoms with Gasteiger partial charge in [0.25, 0.3) is 0 Å². The minimum atomic E-state index is -0.318. The Labute approximate surface area is 145 Å². The zero-order chi connectivity index (χ0) is 17.7. The van der Waals surface area contributed by atoms with Crippen molar-refractivity contribution in [2.24, 2.45) is 0 Å². The number of thioether (sulfide) groups is 1. The van der Waals surface area contributed by atoms with E-state index in [-0.39, 0.29) is 23.1 Å². The second kappa shape index (κ2) is 7.96. The summed E-state index contributed by atoms with van der Waals surface area (Å²) in [6, 6.07) is 7.21. The average molecular weight is 347 g/mol. The molecular formula is C16H21N5O2S. The molecule has 2 rings (SSSR count). The lowest BCUT2D eigenvalue weighted by Gasteiger charge is -2.14. The van der Waals surface area contributed by atoms with Crippen LogP contribution in [0.25, 0.3) is 0 Å². The molecule has 1 aromatic heterocycles. The molecule has 0 saturated heterocycles. The standard InChI is InChI=1S/C16H21N5O2S/c1-10(2)21-9-17-20-16(21)24-11(3)15(23)19-14-7-5-13(6-8-14)18-12(4)22/h5-11H,1-4H3,(H,18,22)(H,19,23)/t11-/m1/s1. The summed E-state index contributed by atoms with van der Waals surface area (Å²) in [7, 11) is 0. The fraction of sp³-hybridized carbons (Fsp3) is 0.375. The van der Waals surface area contributed by atoms with Gasteiger partial charge in [-0.1, -0.05) is 11.8 Å². The Kier molecular flexibility index (Phi) is 5.97. The van der Waals surface area contributed by atoms with Gasteiger partial charge in [0, 0.05) is 24.3 Å². The number of nitrogens with one attached hydrogen (secondary N) is 2. The van der Waals surface area contributed by atoms with Crippen LogP contribution in [0.3, 0.4) is 0 Å². The molecule has 1 atom stereocenters. The summed E-state index contributed by atoms with van der Waals surface area (Å²) in [6.07, 6.45) is 1.67. The molecular weight excluding hydrogens is 326 g/mol. The molecule has 8 heteroatoms. The van der Waals surface area contributed by atoms with Crippen molar-refractivity contribution in [3.05, 3.63) is 30.6 Å².